The van der Waals surface area contributed by atoms with Crippen molar-refractivity contribution in [3.63, 3.8) is 0 Å². The normalized spacial score (nSPS) is 19.6. The summed E-state index contributed by atoms with van der Waals surface area (Å²) in [5.74, 6) is 0.259. The molecule has 2 aliphatic rings. The van der Waals surface area contributed by atoms with Crippen LogP contribution in [0.25, 0.3) is 5.57 Å². The third-order valence-electron chi connectivity index (χ3n) is 5.55. The number of methoxy groups -OCH3 is 2. The van der Waals surface area contributed by atoms with E-state index in [1.165, 1.54) is 30.5 Å². The Morgan fingerprint density at radius 2 is 2.00 bits per heavy atom. The molecule has 3 heterocycles. The van der Waals surface area contributed by atoms with Crippen LogP contribution in [0.3, 0.4) is 0 Å². The molecule has 1 unspecified atom stereocenters. The van der Waals surface area contributed by atoms with Crippen molar-refractivity contribution in [3.05, 3.63) is 46.3 Å². The number of rotatable bonds is 6. The molecule has 1 atom stereocenters. The molecule has 0 aliphatic carbocycles. The average Bonchev–Trinajstić information content (AvgIpc) is 3.39. The van der Waals surface area contributed by atoms with Crippen LogP contribution in [0, 0.1) is 5.92 Å². The average molecular weight is 429 g/mol. The second kappa shape index (κ2) is 8.49. The number of carbonyl (C=O) groups excluding carboxylic acids is 2. The zero-order valence-electron chi connectivity index (χ0n) is 17.0. The number of ether oxygens (including phenoxy) is 2. The number of aliphatic hydroxyl groups excluding tert-OH is 1. The van der Waals surface area contributed by atoms with Gasteiger partial charge in [-0.2, -0.15) is 0 Å². The summed E-state index contributed by atoms with van der Waals surface area (Å²) in [7, 11) is 3.03. The van der Waals surface area contributed by atoms with E-state index >= 15 is 0 Å². The van der Waals surface area contributed by atoms with E-state index in [9.17, 15) is 14.7 Å². The highest BCUT2D eigenvalue weighted by molar-refractivity contribution is 7.11. The van der Waals surface area contributed by atoms with Gasteiger partial charge in [0.2, 0.25) is 0 Å². The summed E-state index contributed by atoms with van der Waals surface area (Å²) in [5.41, 5.74) is 1.15. The van der Waals surface area contributed by atoms with E-state index in [1.807, 2.05) is 22.4 Å². The molecule has 2 amide bonds. The summed E-state index contributed by atoms with van der Waals surface area (Å²) in [5, 5.41) is 11.5. The Morgan fingerprint density at radius 1 is 1.17 bits per heavy atom. The number of piperidine rings is 1. The number of nitrogens with zero attached hydrogens (tertiary/aromatic N) is 2. The first kappa shape index (κ1) is 20.4. The minimum absolute atomic E-state index is 0.0632. The summed E-state index contributed by atoms with van der Waals surface area (Å²) in [6.45, 7) is 1.28. The largest absolute Gasteiger partial charge is 0.497 e. The second-order valence-electron chi connectivity index (χ2n) is 7.32. The van der Waals surface area contributed by atoms with Crippen molar-refractivity contribution < 1.29 is 24.2 Å². The van der Waals surface area contributed by atoms with E-state index in [2.05, 4.69) is 0 Å². The topological polar surface area (TPSA) is 79.3 Å². The third-order valence-corrected chi connectivity index (χ3v) is 6.43. The van der Waals surface area contributed by atoms with Gasteiger partial charge >= 0.3 is 0 Å². The molecule has 8 heteroatoms. The number of thiophene rings is 1. The SMILES string of the molecule is COc1ccc(OC)c(N2C(=O)C(c3cccs3)=C(N3CCCC(CO)C3)C2=O)c1. The highest BCUT2D eigenvalue weighted by Gasteiger charge is 2.44. The summed E-state index contributed by atoms with van der Waals surface area (Å²) >= 11 is 1.43. The van der Waals surface area contributed by atoms with Crippen LogP contribution in [0.4, 0.5) is 5.69 Å². The Bertz CT molecular complexity index is 985. The van der Waals surface area contributed by atoms with Crippen LogP contribution >= 0.6 is 11.3 Å². The van der Waals surface area contributed by atoms with Gasteiger partial charge in [-0.25, -0.2) is 4.90 Å². The first-order valence-electron chi connectivity index (χ1n) is 9.83. The van der Waals surface area contributed by atoms with E-state index in [0.717, 1.165) is 17.7 Å². The number of anilines is 1. The van der Waals surface area contributed by atoms with Gasteiger partial charge in [0, 0.05) is 30.6 Å². The fraction of sp³-hybridized carbons (Fsp3) is 0.364. The highest BCUT2D eigenvalue weighted by Crippen LogP contribution is 2.41. The molecule has 1 fully saturated rings. The van der Waals surface area contributed by atoms with Crippen LogP contribution in [-0.2, 0) is 9.59 Å². The van der Waals surface area contributed by atoms with Crippen molar-refractivity contribution in [2.45, 2.75) is 12.8 Å². The molecule has 2 aromatic rings. The quantitative estimate of drug-likeness (QED) is 0.713. The van der Waals surface area contributed by atoms with Crippen molar-refractivity contribution >= 4 is 34.4 Å². The smallest absolute Gasteiger partial charge is 0.282 e. The molecule has 1 aromatic heterocycles. The zero-order chi connectivity index (χ0) is 21.3. The van der Waals surface area contributed by atoms with Crippen molar-refractivity contribution in [3.8, 4) is 11.5 Å². The number of carbonyl (C=O) groups is 2. The van der Waals surface area contributed by atoms with Crippen LogP contribution in [-0.4, -0.2) is 55.7 Å². The lowest BCUT2D eigenvalue weighted by molar-refractivity contribution is -0.120. The summed E-state index contributed by atoms with van der Waals surface area (Å²) < 4.78 is 10.7. The maximum Gasteiger partial charge on any atom is 0.282 e. The molecule has 0 bridgehead atoms. The van der Waals surface area contributed by atoms with Gasteiger partial charge in [-0.3, -0.25) is 9.59 Å². The monoisotopic (exact) mass is 428 g/mol. The fourth-order valence-electron chi connectivity index (χ4n) is 4.06. The Hall–Kier alpha value is -2.84. The molecule has 4 rings (SSSR count). The van der Waals surface area contributed by atoms with Crippen molar-refractivity contribution in [1.82, 2.24) is 4.90 Å². The van der Waals surface area contributed by atoms with E-state index in [4.69, 9.17) is 9.47 Å². The summed E-state index contributed by atoms with van der Waals surface area (Å²) in [4.78, 5) is 31.1. The molecule has 7 nitrogen and oxygen atoms in total. The molecule has 1 N–H and O–H groups in total. The minimum Gasteiger partial charge on any atom is -0.497 e. The van der Waals surface area contributed by atoms with Gasteiger partial charge in [-0.15, -0.1) is 11.3 Å². The third kappa shape index (κ3) is 3.46. The van der Waals surface area contributed by atoms with Crippen LogP contribution < -0.4 is 14.4 Å². The Balaban J connectivity index is 1.82. The Morgan fingerprint density at radius 3 is 2.67 bits per heavy atom. The highest BCUT2D eigenvalue weighted by atomic mass is 32.1. The second-order valence-corrected chi connectivity index (χ2v) is 8.27. The summed E-state index contributed by atoms with van der Waals surface area (Å²) in [6, 6.07) is 8.75. The number of hydrogen-bond donors (Lipinski definition) is 1. The number of aliphatic hydroxyl groups is 1. The molecule has 0 saturated carbocycles. The summed E-state index contributed by atoms with van der Waals surface area (Å²) in [6.07, 6.45) is 1.76. The Labute approximate surface area is 179 Å². The lowest BCUT2D eigenvalue weighted by Crippen LogP contribution is -2.40. The number of benzene rings is 1. The van der Waals surface area contributed by atoms with Crippen molar-refractivity contribution in [1.29, 1.82) is 0 Å². The first-order valence-corrected chi connectivity index (χ1v) is 10.7. The van der Waals surface area contributed by atoms with E-state index in [0.29, 0.717) is 41.5 Å². The van der Waals surface area contributed by atoms with Crippen molar-refractivity contribution in [2.75, 3.05) is 38.8 Å². The van der Waals surface area contributed by atoms with Gasteiger partial charge < -0.3 is 19.5 Å². The molecule has 0 radical (unpaired) electrons. The lowest BCUT2D eigenvalue weighted by Gasteiger charge is -2.34. The lowest BCUT2D eigenvalue weighted by atomic mass is 9.98. The van der Waals surface area contributed by atoms with Gasteiger partial charge in [-0.1, -0.05) is 6.07 Å². The first-order chi connectivity index (χ1) is 14.6. The van der Waals surface area contributed by atoms with Crippen LogP contribution in [0.1, 0.15) is 17.7 Å². The van der Waals surface area contributed by atoms with Gasteiger partial charge in [0.05, 0.1) is 25.5 Å². The van der Waals surface area contributed by atoms with Gasteiger partial charge in [0.25, 0.3) is 11.8 Å². The maximum absolute atomic E-state index is 13.6. The molecule has 158 valence electrons. The number of imide groups is 1. The minimum atomic E-state index is -0.381. The Kier molecular flexibility index (Phi) is 5.78. The van der Waals surface area contributed by atoms with E-state index in [-0.39, 0.29) is 24.3 Å². The molecule has 2 aliphatic heterocycles. The standard InChI is InChI=1S/C22H24N2O5S/c1-28-15-7-8-17(29-2)16(11-15)24-21(26)19(18-6-4-10-30-18)20(22(24)27)23-9-3-5-14(12-23)13-25/h4,6-8,10-11,14,25H,3,5,9,12-13H2,1-2H3. The van der Waals surface area contributed by atoms with Crippen LogP contribution in [0.15, 0.2) is 41.4 Å². The molecular weight excluding hydrogens is 404 g/mol. The predicted octanol–water partition coefficient (Wildman–Crippen LogP) is 2.75. The van der Waals surface area contributed by atoms with E-state index in [1.54, 1.807) is 18.2 Å². The number of amides is 2. The number of likely N-dealkylation sites (tertiary alicyclic amines) is 1. The van der Waals surface area contributed by atoms with E-state index < -0.39 is 0 Å². The van der Waals surface area contributed by atoms with Gasteiger partial charge in [0.1, 0.15) is 17.2 Å². The van der Waals surface area contributed by atoms with Gasteiger partial charge in [0.15, 0.2) is 0 Å². The molecule has 30 heavy (non-hydrogen) atoms. The molecule has 1 saturated heterocycles. The van der Waals surface area contributed by atoms with Gasteiger partial charge in [-0.05, 0) is 42.3 Å². The molecular formula is C22H24N2O5S. The maximum atomic E-state index is 13.6. The van der Waals surface area contributed by atoms with Crippen LogP contribution in [0.5, 0.6) is 11.5 Å². The number of hydrogen-bond acceptors (Lipinski definition) is 7. The van der Waals surface area contributed by atoms with Crippen molar-refractivity contribution in [2.24, 2.45) is 5.92 Å². The predicted molar refractivity (Wildman–Crippen MR) is 115 cm³/mol. The fourth-order valence-corrected chi connectivity index (χ4v) is 4.82. The molecule has 1 aromatic carbocycles. The zero-order valence-corrected chi connectivity index (χ0v) is 17.8. The van der Waals surface area contributed by atoms with Crippen LogP contribution in [0.2, 0.25) is 0 Å². The molecule has 0 spiro atoms.